The second-order valence-electron chi connectivity index (χ2n) is 7.95. The molecular formula is C19H32O2Si. The Morgan fingerprint density at radius 2 is 2.14 bits per heavy atom. The molecule has 1 aliphatic rings. The maximum absolute atomic E-state index is 6.71. The number of allylic oxidation sites excluding steroid dienone is 1. The molecule has 0 spiro atoms. The van der Waals surface area contributed by atoms with Crippen LogP contribution in [0, 0.1) is 17.8 Å². The normalized spacial score (nSPS) is 26.2. The van der Waals surface area contributed by atoms with Crippen molar-refractivity contribution < 1.29 is 9.16 Å². The van der Waals surface area contributed by atoms with E-state index in [1.807, 2.05) is 6.08 Å². The zero-order valence-electron chi connectivity index (χ0n) is 15.2. The highest BCUT2D eigenvalue weighted by Gasteiger charge is 2.45. The third-order valence-electron chi connectivity index (χ3n) is 5.18. The first-order chi connectivity index (χ1) is 10.1. The van der Waals surface area contributed by atoms with Crippen LogP contribution in [0.3, 0.4) is 0 Å². The van der Waals surface area contributed by atoms with E-state index >= 15 is 0 Å². The first-order valence-electron chi connectivity index (χ1n) is 8.08. The van der Waals surface area contributed by atoms with Crippen LogP contribution in [0.25, 0.3) is 0 Å². The van der Waals surface area contributed by atoms with E-state index in [1.54, 1.807) is 0 Å². The molecule has 0 heterocycles. The number of hydrogen-bond acceptors (Lipinski definition) is 2. The van der Waals surface area contributed by atoms with Crippen molar-refractivity contribution >= 4 is 8.32 Å². The predicted octanol–water partition coefficient (Wildman–Crippen LogP) is 4.94. The molecule has 0 aromatic heterocycles. The molecule has 1 rings (SSSR count). The molecule has 0 radical (unpaired) electrons. The molecule has 0 aliphatic heterocycles. The van der Waals surface area contributed by atoms with Gasteiger partial charge in [0.15, 0.2) is 8.32 Å². The Hall–Kier alpha value is -0.823. The van der Waals surface area contributed by atoms with E-state index in [9.17, 15) is 0 Å². The molecule has 0 saturated carbocycles. The number of rotatable bonds is 6. The minimum Gasteiger partial charge on any atom is -0.410 e. The summed E-state index contributed by atoms with van der Waals surface area (Å²) in [6, 6.07) is 0. The summed E-state index contributed by atoms with van der Waals surface area (Å²) < 4.78 is 12.4. The highest BCUT2D eigenvalue weighted by Crippen LogP contribution is 2.44. The highest BCUT2D eigenvalue weighted by molar-refractivity contribution is 6.74. The molecule has 0 aromatic rings. The molecule has 0 aromatic carbocycles. The summed E-state index contributed by atoms with van der Waals surface area (Å²) in [5.74, 6) is 2.54. The Balaban J connectivity index is 3.05. The quantitative estimate of drug-likeness (QED) is 0.299. The van der Waals surface area contributed by atoms with E-state index in [0.717, 1.165) is 12.8 Å². The molecule has 2 atom stereocenters. The molecule has 0 unspecified atom stereocenters. The molecule has 0 N–H and O–H groups in total. The van der Waals surface area contributed by atoms with Crippen LogP contribution < -0.4 is 0 Å². The van der Waals surface area contributed by atoms with Crippen LogP contribution in [0.1, 0.15) is 40.5 Å². The first kappa shape index (κ1) is 19.2. The zero-order chi connectivity index (χ0) is 17.0. The maximum atomic E-state index is 6.71. The van der Waals surface area contributed by atoms with Crippen LogP contribution in [-0.2, 0) is 9.16 Å². The van der Waals surface area contributed by atoms with Gasteiger partial charge in [-0.3, -0.25) is 0 Å². The SMILES string of the molecule is C#CCOC[C@]1(C=C)CCC(C)=C[C@@H]1O[Si](C)(C)C(C)(C)C. The predicted molar refractivity (Wildman–Crippen MR) is 97.3 cm³/mol. The van der Waals surface area contributed by atoms with Crippen molar-refractivity contribution in [2.75, 3.05) is 13.2 Å². The van der Waals surface area contributed by atoms with Gasteiger partial charge in [-0.25, -0.2) is 0 Å². The van der Waals surface area contributed by atoms with Gasteiger partial charge < -0.3 is 9.16 Å². The lowest BCUT2D eigenvalue weighted by molar-refractivity contribution is 0.0110. The fraction of sp³-hybridized carbons (Fsp3) is 0.684. The average molecular weight is 321 g/mol. The Kier molecular flexibility index (Phi) is 6.26. The van der Waals surface area contributed by atoms with E-state index in [2.05, 4.69) is 59.4 Å². The molecule has 2 nitrogen and oxygen atoms in total. The van der Waals surface area contributed by atoms with Gasteiger partial charge in [-0.2, -0.15) is 0 Å². The summed E-state index contributed by atoms with van der Waals surface area (Å²) in [4.78, 5) is 0. The minimum absolute atomic E-state index is 0.0254. The van der Waals surface area contributed by atoms with E-state index in [-0.39, 0.29) is 16.6 Å². The number of ether oxygens (including phenoxy) is 1. The minimum atomic E-state index is -1.86. The topological polar surface area (TPSA) is 18.5 Å². The van der Waals surface area contributed by atoms with E-state index in [1.165, 1.54) is 5.57 Å². The van der Waals surface area contributed by atoms with Gasteiger partial charge in [0, 0.05) is 5.41 Å². The van der Waals surface area contributed by atoms with E-state index in [4.69, 9.17) is 15.6 Å². The molecular weight excluding hydrogens is 288 g/mol. The molecule has 0 amide bonds. The largest absolute Gasteiger partial charge is 0.410 e. The first-order valence-corrected chi connectivity index (χ1v) is 11.0. The van der Waals surface area contributed by atoms with E-state index in [0.29, 0.717) is 13.2 Å². The summed E-state index contributed by atoms with van der Waals surface area (Å²) in [6.45, 7) is 18.6. The molecule has 22 heavy (non-hydrogen) atoms. The van der Waals surface area contributed by atoms with Crippen molar-refractivity contribution in [2.24, 2.45) is 5.41 Å². The average Bonchev–Trinajstić information content (AvgIpc) is 2.40. The third-order valence-corrected chi connectivity index (χ3v) is 9.63. The van der Waals surface area contributed by atoms with Gasteiger partial charge in [-0.05, 0) is 37.9 Å². The smallest absolute Gasteiger partial charge is 0.192 e. The van der Waals surface area contributed by atoms with Crippen LogP contribution in [-0.4, -0.2) is 27.6 Å². The van der Waals surface area contributed by atoms with Crippen molar-refractivity contribution in [3.63, 3.8) is 0 Å². The van der Waals surface area contributed by atoms with Crippen LogP contribution in [0.2, 0.25) is 18.1 Å². The summed E-state index contributed by atoms with van der Waals surface area (Å²) in [6.07, 6.45) is 11.7. The monoisotopic (exact) mass is 320 g/mol. The second-order valence-corrected chi connectivity index (χ2v) is 12.7. The van der Waals surface area contributed by atoms with E-state index < -0.39 is 8.32 Å². The molecule has 1 aliphatic carbocycles. The maximum Gasteiger partial charge on any atom is 0.192 e. The lowest BCUT2D eigenvalue weighted by atomic mass is 9.73. The molecule has 0 fully saturated rings. The Morgan fingerprint density at radius 3 is 2.64 bits per heavy atom. The molecule has 124 valence electrons. The van der Waals surface area contributed by atoms with Gasteiger partial charge in [-0.1, -0.05) is 44.4 Å². The number of hydrogen-bond donors (Lipinski definition) is 0. The van der Waals surface area contributed by atoms with Crippen molar-refractivity contribution in [3.8, 4) is 12.3 Å². The highest BCUT2D eigenvalue weighted by atomic mass is 28.4. The van der Waals surface area contributed by atoms with Crippen LogP contribution in [0.15, 0.2) is 24.3 Å². The molecule has 3 heteroatoms. The summed E-state index contributed by atoms with van der Waals surface area (Å²) >= 11 is 0. The van der Waals surface area contributed by atoms with Crippen molar-refractivity contribution in [1.82, 2.24) is 0 Å². The van der Waals surface area contributed by atoms with Crippen molar-refractivity contribution in [2.45, 2.75) is 64.8 Å². The van der Waals surface area contributed by atoms with Crippen LogP contribution >= 0.6 is 0 Å². The van der Waals surface area contributed by atoms with Crippen LogP contribution in [0.5, 0.6) is 0 Å². The zero-order valence-corrected chi connectivity index (χ0v) is 16.2. The Labute approximate surface area is 138 Å². The Bertz CT molecular complexity index is 465. The lowest BCUT2D eigenvalue weighted by Crippen LogP contribution is -2.50. The summed E-state index contributed by atoms with van der Waals surface area (Å²) in [5, 5.41) is 0.179. The lowest BCUT2D eigenvalue weighted by Gasteiger charge is -2.46. The molecule has 0 bridgehead atoms. The molecule has 0 saturated heterocycles. The number of terminal acetylenes is 1. The van der Waals surface area contributed by atoms with Gasteiger partial charge in [0.2, 0.25) is 0 Å². The van der Waals surface area contributed by atoms with Gasteiger partial charge in [0.1, 0.15) is 6.61 Å². The van der Waals surface area contributed by atoms with Crippen LogP contribution in [0.4, 0.5) is 0 Å². The van der Waals surface area contributed by atoms with Crippen molar-refractivity contribution in [1.29, 1.82) is 0 Å². The van der Waals surface area contributed by atoms with Gasteiger partial charge in [-0.15, -0.1) is 13.0 Å². The fourth-order valence-electron chi connectivity index (χ4n) is 2.46. The van der Waals surface area contributed by atoms with Gasteiger partial charge >= 0.3 is 0 Å². The van der Waals surface area contributed by atoms with Gasteiger partial charge in [0.05, 0.1) is 12.7 Å². The summed E-state index contributed by atoms with van der Waals surface area (Å²) in [5.41, 5.74) is 1.21. The summed E-state index contributed by atoms with van der Waals surface area (Å²) in [7, 11) is -1.86. The standard InChI is InChI=1S/C19H32O2Si/c1-9-13-20-15-19(10-2)12-11-16(3)14-17(19)21-22(7,8)18(4,5)6/h1,10,14,17H,2,11-13,15H2,3-8H3/t17-,19-/m0/s1. The fourth-order valence-corrected chi connectivity index (χ4v) is 3.75. The Morgan fingerprint density at radius 1 is 1.50 bits per heavy atom. The second kappa shape index (κ2) is 7.17. The third kappa shape index (κ3) is 4.35. The van der Waals surface area contributed by atoms with Gasteiger partial charge in [0.25, 0.3) is 0 Å². The van der Waals surface area contributed by atoms with Crippen molar-refractivity contribution in [3.05, 3.63) is 24.3 Å².